The zero-order chi connectivity index (χ0) is 30.7. The predicted octanol–water partition coefficient (Wildman–Crippen LogP) is 4.27. The van der Waals surface area contributed by atoms with Gasteiger partial charge in [-0.25, -0.2) is 22.9 Å². The van der Waals surface area contributed by atoms with E-state index in [1.807, 2.05) is 0 Å². The predicted molar refractivity (Wildman–Crippen MR) is 133 cm³/mol. The fourth-order valence-corrected chi connectivity index (χ4v) is 4.24. The number of nitrogens with one attached hydrogen (secondary N) is 2. The first-order chi connectivity index (χ1) is 19.0. The van der Waals surface area contributed by atoms with Crippen molar-refractivity contribution in [1.82, 2.24) is 25.1 Å². The summed E-state index contributed by atoms with van der Waals surface area (Å²) in [4.78, 5) is 30.7. The highest BCUT2D eigenvalue weighted by Gasteiger charge is 2.41. The molecule has 0 aliphatic carbocycles. The van der Waals surface area contributed by atoms with Gasteiger partial charge >= 0.3 is 12.3 Å². The molecule has 1 atom stereocenters. The number of nitriles is 1. The largest absolute Gasteiger partial charge is 0.449 e. The molecule has 2 aromatic rings. The number of hydrogen-bond donors (Lipinski definition) is 2. The number of imidazole rings is 1. The first-order valence-corrected chi connectivity index (χ1v) is 12.4. The Balaban J connectivity index is 1.87. The molecule has 2 N–H and O–H groups in total. The van der Waals surface area contributed by atoms with Gasteiger partial charge in [0.15, 0.2) is 11.6 Å². The van der Waals surface area contributed by atoms with Gasteiger partial charge in [-0.15, -0.1) is 0 Å². The number of alkyl halides is 3. The Morgan fingerprint density at radius 2 is 1.80 bits per heavy atom. The van der Waals surface area contributed by atoms with Crippen LogP contribution in [0.4, 0.5) is 31.1 Å². The molecule has 0 unspecified atom stereocenters. The molecular formula is C26H28F6N6O3. The lowest BCUT2D eigenvalue weighted by atomic mass is 10.0. The van der Waals surface area contributed by atoms with Crippen LogP contribution in [0.25, 0.3) is 5.70 Å². The van der Waals surface area contributed by atoms with Gasteiger partial charge in [0, 0.05) is 31.6 Å². The maximum Gasteiger partial charge on any atom is 0.449 e. The molecule has 1 aromatic carbocycles. The SMILES string of the molecule is C=C(NCC#N)c1nc(C(F)(F)F)n2c1CN(C(=O)C[C@@H](Cc1cc(F)c(F)cc1F)NC(=O)OC(C)(C)C)CC2. The summed E-state index contributed by atoms with van der Waals surface area (Å²) in [6.45, 7) is 7.44. The van der Waals surface area contributed by atoms with Crippen molar-refractivity contribution in [3.05, 3.63) is 58.9 Å². The first-order valence-electron chi connectivity index (χ1n) is 12.4. The number of carbonyl (C=O) groups excluding carboxylic acids is 2. The summed E-state index contributed by atoms with van der Waals surface area (Å²) in [5, 5.41) is 13.8. The number of carbonyl (C=O) groups is 2. The van der Waals surface area contributed by atoms with Crippen molar-refractivity contribution in [3.63, 3.8) is 0 Å². The average Bonchev–Trinajstić information content (AvgIpc) is 3.24. The second kappa shape index (κ2) is 12.1. The molecule has 3 rings (SSSR count). The van der Waals surface area contributed by atoms with Crippen LogP contribution in [-0.2, 0) is 35.2 Å². The van der Waals surface area contributed by atoms with Crippen LogP contribution in [0.2, 0.25) is 0 Å². The van der Waals surface area contributed by atoms with Gasteiger partial charge < -0.3 is 24.8 Å². The van der Waals surface area contributed by atoms with E-state index in [1.54, 1.807) is 26.8 Å². The van der Waals surface area contributed by atoms with Crippen LogP contribution < -0.4 is 10.6 Å². The third kappa shape index (κ3) is 7.92. The summed E-state index contributed by atoms with van der Waals surface area (Å²) in [6.07, 6.45) is -6.64. The van der Waals surface area contributed by atoms with E-state index in [0.29, 0.717) is 12.1 Å². The van der Waals surface area contributed by atoms with Gasteiger partial charge in [-0.2, -0.15) is 18.4 Å². The summed E-state index contributed by atoms with van der Waals surface area (Å²) < 4.78 is 88.7. The summed E-state index contributed by atoms with van der Waals surface area (Å²) in [6, 6.07) is 1.59. The molecule has 9 nitrogen and oxygen atoms in total. The van der Waals surface area contributed by atoms with Crippen LogP contribution in [0.3, 0.4) is 0 Å². The summed E-state index contributed by atoms with van der Waals surface area (Å²) in [5.74, 6) is -5.65. The lowest BCUT2D eigenvalue weighted by Gasteiger charge is -2.31. The number of rotatable bonds is 8. The number of amides is 2. The number of nitrogens with zero attached hydrogens (tertiary/aromatic N) is 4. The molecular weight excluding hydrogens is 558 g/mol. The van der Waals surface area contributed by atoms with E-state index in [1.165, 1.54) is 4.90 Å². The number of hydrogen-bond acceptors (Lipinski definition) is 6. The lowest BCUT2D eigenvalue weighted by Crippen LogP contribution is -2.45. The molecule has 0 spiro atoms. The molecule has 222 valence electrons. The molecule has 1 aromatic heterocycles. The van der Waals surface area contributed by atoms with Crippen LogP contribution in [0.5, 0.6) is 0 Å². The minimum absolute atomic E-state index is 0.0238. The van der Waals surface area contributed by atoms with Crippen LogP contribution in [-0.4, -0.2) is 51.2 Å². The van der Waals surface area contributed by atoms with Crippen molar-refractivity contribution in [3.8, 4) is 6.07 Å². The quantitative estimate of drug-likeness (QED) is 0.272. The van der Waals surface area contributed by atoms with Gasteiger partial charge in [0.05, 0.1) is 24.0 Å². The van der Waals surface area contributed by atoms with Crippen molar-refractivity contribution < 1.29 is 40.7 Å². The maximum absolute atomic E-state index is 14.4. The smallest absolute Gasteiger partial charge is 0.444 e. The Morgan fingerprint density at radius 1 is 1.15 bits per heavy atom. The van der Waals surface area contributed by atoms with Crippen LogP contribution in [0.15, 0.2) is 18.7 Å². The highest BCUT2D eigenvalue weighted by molar-refractivity contribution is 5.78. The van der Waals surface area contributed by atoms with Gasteiger partial charge in [0.2, 0.25) is 11.7 Å². The van der Waals surface area contributed by atoms with Gasteiger partial charge in [0.1, 0.15) is 23.7 Å². The number of fused-ring (bicyclic) bond motifs is 1. The summed E-state index contributed by atoms with van der Waals surface area (Å²) in [5.41, 5.74) is -1.43. The molecule has 0 bridgehead atoms. The molecule has 1 aliphatic rings. The standard InChI is InChI=1S/C26H28F6N6O3/c1-14(34-6-5-33)22-20-13-37(7-8-38(20)23(36-22)26(30,31)32)21(39)11-16(35-24(40)41-25(2,3)4)9-15-10-18(28)19(29)12-17(15)27/h10,12,16,34H,1,6-9,11,13H2,2-4H3,(H,35,40)/t16-/m1/s1. The highest BCUT2D eigenvalue weighted by atomic mass is 19.4. The molecule has 2 heterocycles. The fourth-order valence-electron chi connectivity index (χ4n) is 4.24. The van der Waals surface area contributed by atoms with Crippen LogP contribution in [0, 0.1) is 28.8 Å². The van der Waals surface area contributed by atoms with Crippen molar-refractivity contribution in [2.75, 3.05) is 13.1 Å². The molecule has 0 saturated carbocycles. The van der Waals surface area contributed by atoms with E-state index in [2.05, 4.69) is 22.2 Å². The van der Waals surface area contributed by atoms with E-state index in [-0.39, 0.29) is 48.8 Å². The van der Waals surface area contributed by atoms with Gasteiger partial charge in [-0.05, 0) is 38.8 Å². The number of aromatic nitrogens is 2. The normalized spacial score (nSPS) is 14.1. The zero-order valence-electron chi connectivity index (χ0n) is 22.5. The Kier molecular flexibility index (Phi) is 9.25. The van der Waals surface area contributed by atoms with E-state index < -0.39 is 65.9 Å². The molecule has 1 aliphatic heterocycles. The number of benzene rings is 1. The second-order valence-electron chi connectivity index (χ2n) is 10.3. The van der Waals surface area contributed by atoms with E-state index in [4.69, 9.17) is 10.00 Å². The van der Waals surface area contributed by atoms with Crippen molar-refractivity contribution in [2.45, 2.75) is 64.5 Å². The summed E-state index contributed by atoms with van der Waals surface area (Å²) in [7, 11) is 0. The topological polar surface area (TPSA) is 112 Å². The van der Waals surface area contributed by atoms with Crippen LogP contribution in [0.1, 0.15) is 50.0 Å². The Bertz CT molecular complexity index is 1380. The van der Waals surface area contributed by atoms with E-state index in [9.17, 15) is 35.9 Å². The Morgan fingerprint density at radius 3 is 2.41 bits per heavy atom. The zero-order valence-corrected chi connectivity index (χ0v) is 22.5. The third-order valence-electron chi connectivity index (χ3n) is 5.98. The molecule has 0 fully saturated rings. The molecule has 0 saturated heterocycles. The lowest BCUT2D eigenvalue weighted by molar-refractivity contribution is -0.148. The van der Waals surface area contributed by atoms with Crippen molar-refractivity contribution >= 4 is 17.7 Å². The summed E-state index contributed by atoms with van der Waals surface area (Å²) >= 11 is 0. The minimum Gasteiger partial charge on any atom is -0.444 e. The van der Waals surface area contributed by atoms with Crippen molar-refractivity contribution in [2.24, 2.45) is 0 Å². The number of ether oxygens (including phenoxy) is 1. The van der Waals surface area contributed by atoms with Gasteiger partial charge in [0.25, 0.3) is 0 Å². The minimum atomic E-state index is -4.80. The number of halogens is 6. The Labute approximate surface area is 231 Å². The van der Waals surface area contributed by atoms with Crippen LogP contribution >= 0.6 is 0 Å². The highest BCUT2D eigenvalue weighted by Crippen LogP contribution is 2.34. The van der Waals surface area contributed by atoms with Gasteiger partial charge in [-0.1, -0.05) is 6.58 Å². The third-order valence-corrected chi connectivity index (χ3v) is 5.98. The van der Waals surface area contributed by atoms with Crippen molar-refractivity contribution in [1.29, 1.82) is 5.26 Å². The maximum atomic E-state index is 14.4. The van der Waals surface area contributed by atoms with Gasteiger partial charge in [-0.3, -0.25) is 4.79 Å². The number of alkyl carbamates (subject to hydrolysis) is 1. The fraction of sp³-hybridized carbons (Fsp3) is 0.462. The average molecular weight is 587 g/mol. The first kappa shape index (κ1) is 31.3. The monoisotopic (exact) mass is 586 g/mol. The van der Waals surface area contributed by atoms with E-state index >= 15 is 0 Å². The van der Waals surface area contributed by atoms with E-state index in [0.717, 1.165) is 4.57 Å². The molecule has 0 radical (unpaired) electrons. The molecule has 2 amide bonds. The second-order valence-corrected chi connectivity index (χ2v) is 10.3. The molecule has 15 heteroatoms. The molecule has 41 heavy (non-hydrogen) atoms. The Hall–Kier alpha value is -4.22.